The van der Waals surface area contributed by atoms with Crippen molar-refractivity contribution in [3.63, 3.8) is 0 Å². The van der Waals surface area contributed by atoms with E-state index in [0.717, 1.165) is 31.0 Å². The van der Waals surface area contributed by atoms with Gasteiger partial charge in [-0.05, 0) is 32.1 Å². The second kappa shape index (κ2) is 5.83. The normalized spacial score (nSPS) is 28.0. The summed E-state index contributed by atoms with van der Waals surface area (Å²) in [5.74, 6) is 2.60. The molecule has 1 heterocycles. The second-order valence-electron chi connectivity index (χ2n) is 5.71. The van der Waals surface area contributed by atoms with E-state index in [1.807, 2.05) is 6.92 Å². The van der Waals surface area contributed by atoms with E-state index in [-0.39, 0.29) is 5.92 Å². The van der Waals surface area contributed by atoms with Gasteiger partial charge < -0.3 is 9.63 Å². The fourth-order valence-corrected chi connectivity index (χ4v) is 2.95. The minimum Gasteiger partial charge on any atom is -0.393 e. The van der Waals surface area contributed by atoms with Crippen LogP contribution in [0.5, 0.6) is 0 Å². The Kier molecular flexibility index (Phi) is 4.38. The molecule has 0 aromatic carbocycles. The van der Waals surface area contributed by atoms with Gasteiger partial charge in [-0.2, -0.15) is 4.98 Å². The summed E-state index contributed by atoms with van der Waals surface area (Å²) in [5.41, 5.74) is 0. The van der Waals surface area contributed by atoms with Crippen LogP contribution in [-0.4, -0.2) is 21.4 Å². The average Bonchev–Trinajstić information content (AvgIpc) is 2.79. The van der Waals surface area contributed by atoms with E-state index in [1.54, 1.807) is 6.92 Å². The molecule has 0 saturated heterocycles. The maximum Gasteiger partial charge on any atom is 0.232 e. The fraction of sp³-hybridized carbons (Fsp3) is 0.857. The molecule has 1 N–H and O–H groups in total. The van der Waals surface area contributed by atoms with E-state index in [0.29, 0.717) is 11.8 Å². The minimum absolute atomic E-state index is 0.0349. The highest BCUT2D eigenvalue weighted by molar-refractivity contribution is 5.01. The molecular weight excluding hydrogens is 228 g/mol. The number of aliphatic hydroxyl groups excluding tert-OH is 1. The molecule has 1 saturated carbocycles. The molecule has 4 atom stereocenters. The van der Waals surface area contributed by atoms with Crippen molar-refractivity contribution in [3.05, 3.63) is 11.7 Å². The molecule has 1 aromatic rings. The van der Waals surface area contributed by atoms with Gasteiger partial charge in [0.05, 0.1) is 12.0 Å². The zero-order valence-corrected chi connectivity index (χ0v) is 11.6. The summed E-state index contributed by atoms with van der Waals surface area (Å²) in [6.07, 6.45) is 5.27. The van der Waals surface area contributed by atoms with Crippen LogP contribution in [0, 0.1) is 5.92 Å². The van der Waals surface area contributed by atoms with Gasteiger partial charge in [0.25, 0.3) is 0 Å². The predicted octanol–water partition coefficient (Wildman–Crippen LogP) is 3.24. The molecule has 0 bridgehead atoms. The summed E-state index contributed by atoms with van der Waals surface area (Å²) in [5, 5.41) is 13.8. The molecule has 4 unspecified atom stereocenters. The van der Waals surface area contributed by atoms with Crippen molar-refractivity contribution in [2.24, 2.45) is 5.92 Å². The lowest BCUT2D eigenvalue weighted by molar-refractivity contribution is 0.141. The van der Waals surface area contributed by atoms with Gasteiger partial charge >= 0.3 is 0 Å². The number of nitrogens with zero attached hydrogens (tertiary/aromatic N) is 2. The van der Waals surface area contributed by atoms with Crippen LogP contribution >= 0.6 is 0 Å². The monoisotopic (exact) mass is 252 g/mol. The number of aliphatic hydroxyl groups is 1. The molecule has 0 radical (unpaired) electrons. The Morgan fingerprint density at radius 3 is 2.83 bits per heavy atom. The van der Waals surface area contributed by atoms with Crippen LogP contribution in [0.3, 0.4) is 0 Å². The van der Waals surface area contributed by atoms with Crippen LogP contribution in [0.1, 0.15) is 76.4 Å². The van der Waals surface area contributed by atoms with Crippen molar-refractivity contribution < 1.29 is 9.63 Å². The van der Waals surface area contributed by atoms with Gasteiger partial charge in [0.1, 0.15) is 0 Å². The summed E-state index contributed by atoms with van der Waals surface area (Å²) in [6.45, 7) is 6.10. The largest absolute Gasteiger partial charge is 0.393 e. The molecule has 102 valence electrons. The Bertz CT molecular complexity index is 376. The molecule has 1 fully saturated rings. The van der Waals surface area contributed by atoms with E-state index in [4.69, 9.17) is 4.52 Å². The van der Waals surface area contributed by atoms with Crippen molar-refractivity contribution >= 4 is 0 Å². The first kappa shape index (κ1) is 13.5. The number of hydrogen-bond donors (Lipinski definition) is 1. The summed E-state index contributed by atoms with van der Waals surface area (Å²) >= 11 is 0. The molecule has 4 nitrogen and oxygen atoms in total. The van der Waals surface area contributed by atoms with E-state index in [1.165, 1.54) is 12.8 Å². The van der Waals surface area contributed by atoms with E-state index in [2.05, 4.69) is 17.1 Å². The molecule has 1 aromatic heterocycles. The number of rotatable bonds is 4. The summed E-state index contributed by atoms with van der Waals surface area (Å²) in [7, 11) is 0. The van der Waals surface area contributed by atoms with Crippen molar-refractivity contribution in [1.29, 1.82) is 0 Å². The van der Waals surface area contributed by atoms with Crippen LogP contribution < -0.4 is 0 Å². The van der Waals surface area contributed by atoms with Crippen molar-refractivity contribution in [2.75, 3.05) is 0 Å². The van der Waals surface area contributed by atoms with Crippen LogP contribution in [0.15, 0.2) is 4.52 Å². The smallest absolute Gasteiger partial charge is 0.232 e. The second-order valence-corrected chi connectivity index (χ2v) is 5.71. The highest BCUT2D eigenvalue weighted by atomic mass is 16.5. The van der Waals surface area contributed by atoms with Gasteiger partial charge in [-0.25, -0.2) is 0 Å². The summed E-state index contributed by atoms with van der Waals surface area (Å²) < 4.78 is 5.35. The lowest BCUT2D eigenvalue weighted by Crippen LogP contribution is -2.15. The Labute approximate surface area is 109 Å². The zero-order chi connectivity index (χ0) is 13.1. The van der Waals surface area contributed by atoms with Crippen LogP contribution in [0.25, 0.3) is 0 Å². The predicted molar refractivity (Wildman–Crippen MR) is 69.4 cm³/mol. The van der Waals surface area contributed by atoms with Crippen LogP contribution in [0.4, 0.5) is 0 Å². The van der Waals surface area contributed by atoms with Crippen molar-refractivity contribution in [1.82, 2.24) is 10.1 Å². The third kappa shape index (κ3) is 2.91. The molecule has 2 rings (SSSR count). The lowest BCUT2D eigenvalue weighted by Gasteiger charge is -2.23. The van der Waals surface area contributed by atoms with Gasteiger partial charge in [0, 0.05) is 5.92 Å². The average molecular weight is 252 g/mol. The number of hydrogen-bond acceptors (Lipinski definition) is 4. The first-order chi connectivity index (χ1) is 8.61. The van der Waals surface area contributed by atoms with Gasteiger partial charge in [-0.1, -0.05) is 31.8 Å². The van der Waals surface area contributed by atoms with Gasteiger partial charge in [0.2, 0.25) is 5.89 Å². The third-order valence-corrected chi connectivity index (χ3v) is 4.10. The summed E-state index contributed by atoms with van der Waals surface area (Å²) in [6, 6.07) is 0. The zero-order valence-electron chi connectivity index (χ0n) is 11.6. The highest BCUT2D eigenvalue weighted by Crippen LogP contribution is 2.35. The minimum atomic E-state index is -0.437. The number of aromatic nitrogens is 2. The molecular formula is C14H24N2O2. The standard InChI is InChI=1S/C14H24N2O2/c1-4-12(10(3)17)14-15-13(16-18-14)11-7-5-6-9(2)8-11/h9-12,17H,4-8H2,1-3H3. The third-order valence-electron chi connectivity index (χ3n) is 4.10. The van der Waals surface area contributed by atoms with Gasteiger partial charge in [-0.15, -0.1) is 0 Å². The van der Waals surface area contributed by atoms with E-state index < -0.39 is 6.10 Å². The summed E-state index contributed by atoms with van der Waals surface area (Å²) in [4.78, 5) is 4.52. The van der Waals surface area contributed by atoms with E-state index in [9.17, 15) is 5.11 Å². The molecule has 18 heavy (non-hydrogen) atoms. The Morgan fingerprint density at radius 1 is 1.44 bits per heavy atom. The van der Waals surface area contributed by atoms with Gasteiger partial charge in [0.15, 0.2) is 5.82 Å². The Balaban J connectivity index is 2.09. The van der Waals surface area contributed by atoms with Crippen LogP contribution in [-0.2, 0) is 0 Å². The first-order valence-corrected chi connectivity index (χ1v) is 7.13. The Hall–Kier alpha value is -0.900. The molecule has 0 spiro atoms. The topological polar surface area (TPSA) is 59.2 Å². The quantitative estimate of drug-likeness (QED) is 0.893. The molecule has 1 aliphatic carbocycles. The van der Waals surface area contributed by atoms with Crippen molar-refractivity contribution in [2.45, 2.75) is 70.8 Å². The maximum absolute atomic E-state index is 9.70. The highest BCUT2D eigenvalue weighted by Gasteiger charge is 2.27. The molecule has 1 aliphatic rings. The SMILES string of the molecule is CCC(c1nc(C2CCCC(C)C2)no1)C(C)O. The van der Waals surface area contributed by atoms with Gasteiger partial charge in [-0.3, -0.25) is 0 Å². The lowest BCUT2D eigenvalue weighted by atomic mass is 9.82. The maximum atomic E-state index is 9.70. The van der Waals surface area contributed by atoms with E-state index >= 15 is 0 Å². The fourth-order valence-electron chi connectivity index (χ4n) is 2.95. The molecule has 0 aliphatic heterocycles. The molecule has 0 amide bonds. The molecule has 4 heteroatoms. The van der Waals surface area contributed by atoms with Crippen LogP contribution in [0.2, 0.25) is 0 Å². The first-order valence-electron chi connectivity index (χ1n) is 7.13. The van der Waals surface area contributed by atoms with Crippen molar-refractivity contribution in [3.8, 4) is 0 Å². The Morgan fingerprint density at radius 2 is 2.22 bits per heavy atom.